The number of aliphatic hydroxyl groups is 2. The minimum absolute atomic E-state index is 0.0975. The zero-order chi connectivity index (χ0) is 95.0. The number of carbonyl (C=O) groups excluding carboxylic acids is 3. The number of hydrogen-bond donors (Lipinski definition) is 4. The third-order valence-corrected chi connectivity index (χ3v) is 24.2. The van der Waals surface area contributed by atoms with Gasteiger partial charge in [0.2, 0.25) is 0 Å². The fourth-order valence-corrected chi connectivity index (χ4v) is 16.0. The summed E-state index contributed by atoms with van der Waals surface area (Å²) in [5.41, 5.74) is 0. The van der Waals surface area contributed by atoms with Gasteiger partial charge in [-0.2, -0.15) is 0 Å². The minimum Gasteiger partial charge on any atom is -0.463 e. The first-order valence-electron chi connectivity index (χ1n) is 52.7. The zero-order valence-electron chi connectivity index (χ0n) is 83.2. The first-order valence-corrected chi connectivity index (χ1v) is 55.7. The largest absolute Gasteiger partial charge is 0.472 e. The summed E-state index contributed by atoms with van der Waals surface area (Å²) >= 11 is 0. The average molecular weight is 1870 g/mol. The van der Waals surface area contributed by atoms with Crippen LogP contribution in [0.3, 0.4) is 0 Å². The fraction of sp³-hybridized carbons (Fsp3) is 0.690. The van der Waals surface area contributed by atoms with E-state index in [1.807, 2.05) is 0 Å². The summed E-state index contributed by atoms with van der Waals surface area (Å²) in [6, 6.07) is 0. The summed E-state index contributed by atoms with van der Waals surface area (Å²) in [4.78, 5) is 59.3. The molecule has 0 aromatic carbocycles. The van der Waals surface area contributed by atoms with E-state index < -0.39 is 91.5 Å². The smallest absolute Gasteiger partial charge is 0.463 e. The lowest BCUT2D eigenvalue weighted by Gasteiger charge is -2.21. The van der Waals surface area contributed by atoms with Crippen molar-refractivity contribution in [1.82, 2.24) is 0 Å². The molecule has 750 valence electrons. The summed E-state index contributed by atoms with van der Waals surface area (Å²) in [6.45, 7) is 2.41. The van der Waals surface area contributed by atoms with Crippen molar-refractivity contribution in [2.45, 2.75) is 463 Å². The molecule has 0 aliphatic rings. The van der Waals surface area contributed by atoms with Crippen LogP contribution in [0.5, 0.6) is 0 Å². The van der Waals surface area contributed by atoms with Crippen molar-refractivity contribution in [2.75, 3.05) is 39.6 Å². The molecule has 0 heterocycles. The van der Waals surface area contributed by atoms with Gasteiger partial charge in [-0.25, -0.2) is 9.13 Å². The number of allylic oxidation sites excluding steroid dienone is 32. The Labute approximate surface area is 801 Å². The molecule has 0 aromatic heterocycles. The molecule has 131 heavy (non-hydrogen) atoms. The van der Waals surface area contributed by atoms with E-state index in [9.17, 15) is 43.5 Å². The van der Waals surface area contributed by atoms with Crippen molar-refractivity contribution in [3.05, 3.63) is 194 Å². The second-order valence-corrected chi connectivity index (χ2v) is 37.8. The normalized spacial score (nSPS) is 14.4. The Balaban J connectivity index is 4.59. The highest BCUT2D eigenvalue weighted by Crippen LogP contribution is 2.45. The van der Waals surface area contributed by atoms with Crippen molar-refractivity contribution in [3.8, 4) is 0 Å². The molecule has 5 atom stereocenters. The summed E-state index contributed by atoms with van der Waals surface area (Å²) < 4.78 is 61.8. The Morgan fingerprint density at radius 2 is 0.382 bits per heavy atom. The first kappa shape index (κ1) is 125. The molecule has 16 nitrogen and oxygen atoms in total. The van der Waals surface area contributed by atoms with Gasteiger partial charge in [0.15, 0.2) is 6.10 Å². The van der Waals surface area contributed by atoms with E-state index in [1.165, 1.54) is 212 Å². The van der Waals surface area contributed by atoms with E-state index in [0.717, 1.165) is 173 Å². The van der Waals surface area contributed by atoms with Crippen LogP contribution < -0.4 is 0 Å². The molecule has 0 aliphatic carbocycles. The van der Waals surface area contributed by atoms with E-state index in [0.29, 0.717) is 19.3 Å². The van der Waals surface area contributed by atoms with Crippen LogP contribution in [0, 0.1) is 0 Å². The van der Waals surface area contributed by atoms with Crippen LogP contribution in [0.25, 0.3) is 0 Å². The molecule has 0 radical (unpaired) electrons. The second kappa shape index (κ2) is 103. The van der Waals surface area contributed by atoms with Gasteiger partial charge in [0.1, 0.15) is 25.4 Å². The van der Waals surface area contributed by atoms with Crippen LogP contribution in [-0.2, 0) is 55.8 Å². The molecule has 0 aliphatic heterocycles. The van der Waals surface area contributed by atoms with Crippen molar-refractivity contribution in [3.63, 3.8) is 0 Å². The Morgan fingerprint density at radius 3 is 0.603 bits per heavy atom. The minimum atomic E-state index is -4.95. The lowest BCUT2D eigenvalue weighted by atomic mass is 10.0. The molecule has 0 saturated heterocycles. The highest BCUT2D eigenvalue weighted by molar-refractivity contribution is 7.47. The number of unbranched alkanes of at least 4 members (excludes halogenated alkanes) is 44. The van der Waals surface area contributed by atoms with E-state index in [2.05, 4.69) is 215 Å². The monoisotopic (exact) mass is 1870 g/mol. The van der Waals surface area contributed by atoms with Gasteiger partial charge in [-0.3, -0.25) is 32.5 Å². The average Bonchev–Trinajstić information content (AvgIpc) is 0.885. The Bertz CT molecular complexity index is 3160. The zero-order valence-corrected chi connectivity index (χ0v) is 85.0. The molecule has 0 aromatic rings. The van der Waals surface area contributed by atoms with Crippen molar-refractivity contribution in [2.24, 2.45) is 0 Å². The maximum atomic E-state index is 13.1. The van der Waals surface area contributed by atoms with Crippen molar-refractivity contribution >= 4 is 33.6 Å². The van der Waals surface area contributed by atoms with Crippen LogP contribution in [0.1, 0.15) is 445 Å². The molecular weight excluding hydrogens is 1680 g/mol. The molecule has 5 unspecified atom stereocenters. The number of phosphoric acid groups is 2. The van der Waals surface area contributed by atoms with Gasteiger partial charge in [-0.05, 0) is 161 Å². The van der Waals surface area contributed by atoms with Gasteiger partial charge in [0.05, 0.1) is 26.4 Å². The number of esters is 3. The first-order chi connectivity index (χ1) is 64.2. The molecule has 0 saturated carbocycles. The van der Waals surface area contributed by atoms with E-state index in [1.54, 1.807) is 0 Å². The van der Waals surface area contributed by atoms with E-state index in [-0.39, 0.29) is 19.3 Å². The Hall–Kier alpha value is -5.61. The lowest BCUT2D eigenvalue weighted by molar-refractivity contribution is -0.161. The molecule has 0 amide bonds. The van der Waals surface area contributed by atoms with Crippen LogP contribution >= 0.6 is 15.6 Å². The van der Waals surface area contributed by atoms with Crippen LogP contribution in [-0.4, -0.2) is 95.9 Å². The molecule has 0 rings (SSSR count). The van der Waals surface area contributed by atoms with Crippen molar-refractivity contribution < 1.29 is 75.8 Å². The third kappa shape index (κ3) is 105. The number of aliphatic hydroxyl groups excluding tert-OH is 2. The Kier molecular flexibility index (Phi) is 98.9. The highest BCUT2D eigenvalue weighted by Gasteiger charge is 2.30. The lowest BCUT2D eigenvalue weighted by Crippen LogP contribution is -2.30. The summed E-state index contributed by atoms with van der Waals surface area (Å²) in [5, 5.41) is 20.8. The predicted octanol–water partition coefficient (Wildman–Crippen LogP) is 33.7. The summed E-state index contributed by atoms with van der Waals surface area (Å²) in [7, 11) is -9.82. The number of carbonyl (C=O) groups is 3. The van der Waals surface area contributed by atoms with Gasteiger partial charge >= 0.3 is 33.6 Å². The van der Waals surface area contributed by atoms with E-state index in [4.69, 9.17) is 32.3 Å². The van der Waals surface area contributed by atoms with Crippen molar-refractivity contribution in [1.29, 1.82) is 0 Å². The topological polar surface area (TPSA) is 231 Å². The number of hydrogen-bond acceptors (Lipinski definition) is 14. The molecule has 0 spiro atoms. The molecule has 4 N–H and O–H groups in total. The summed E-state index contributed by atoms with van der Waals surface area (Å²) in [5.74, 6) is -1.56. The maximum absolute atomic E-state index is 13.1. The van der Waals surface area contributed by atoms with Gasteiger partial charge in [-0.1, -0.05) is 459 Å². The van der Waals surface area contributed by atoms with Gasteiger partial charge < -0.3 is 34.2 Å². The predicted molar refractivity (Wildman–Crippen MR) is 555 cm³/mol. The summed E-state index contributed by atoms with van der Waals surface area (Å²) in [6.07, 6.45) is 139. The Morgan fingerprint density at radius 1 is 0.214 bits per heavy atom. The molecule has 18 heteroatoms. The van der Waals surface area contributed by atoms with E-state index >= 15 is 0 Å². The number of phosphoric ester groups is 2. The SMILES string of the molecule is CC/C=C\C/C=C\C/C=C\C/C=C\C/C=C\C/C=C\CCCCCCCCCCCCCCCCCCC(=O)OCC(O)COP(=O)(O)OCC(O)COP(=O)(O)OCC(COC(=O)CCCCCCCCCCCCCCCCCCC/C=C\C/C=C\C/C=C\C/C=C\C/C=C\CC)OC(=O)CCCCCCCCCCCCC/C=C\C/C=C\C/C=C\C/C=C\C/C=C\CC. The quantitative estimate of drug-likeness (QED) is 0.0146. The standard InChI is InChI=1S/C113H192O16P2/c1-4-7-10-13-16-19-22-25-28-31-34-37-40-43-46-48-50-52-53-55-57-58-61-63-66-69-72-75-78-81-84-87-90-93-96-99-111(116)123-102-108(114)103-125-130(119,120)126-104-109(115)105-127-131(121,122)128-107-110(129-113(118)101-98-95-92-89-86-83-80-77-74-71-68-65-60-45-42-39-36-33-30-27-24-21-18-15-12-9-6-3)106-124-112(117)100-97-94-91-88-85-82-79-76-73-70-67-64-62-59-56-54-51-49-47-44-41-38-35-32-29-26-23-20-17-14-11-8-5-2/h7-12,16-21,25-30,34-39,43-47,50,52,60,108-110,114-115H,4-6,13-15,22-24,31-33,40-42,48-49,51,53-59,61-107H2,1-3H3,(H,119,120)(H,121,122)/b10-7-,11-8-,12-9-,19-16-,20-17-,21-18-,28-25-,29-26-,30-27-,37-34-,38-35-,39-36-,46-43-,47-44-,52-50-,60-45-. The maximum Gasteiger partial charge on any atom is 0.472 e. The van der Waals surface area contributed by atoms with Crippen LogP contribution in [0.2, 0.25) is 0 Å². The molecule has 0 bridgehead atoms. The van der Waals surface area contributed by atoms with Gasteiger partial charge in [0, 0.05) is 19.3 Å². The van der Waals surface area contributed by atoms with Gasteiger partial charge in [0.25, 0.3) is 0 Å². The van der Waals surface area contributed by atoms with Crippen LogP contribution in [0.4, 0.5) is 0 Å². The fourth-order valence-electron chi connectivity index (χ4n) is 14.5. The number of rotatable bonds is 99. The van der Waals surface area contributed by atoms with Crippen LogP contribution in [0.15, 0.2) is 194 Å². The molecular formula is C113H192O16P2. The number of ether oxygens (including phenoxy) is 3. The molecule has 0 fully saturated rings. The van der Waals surface area contributed by atoms with Gasteiger partial charge in [-0.15, -0.1) is 0 Å². The third-order valence-electron chi connectivity index (χ3n) is 22.3. The second-order valence-electron chi connectivity index (χ2n) is 34.9. The highest BCUT2D eigenvalue weighted by atomic mass is 31.2.